The molecule has 0 radical (unpaired) electrons. The summed E-state index contributed by atoms with van der Waals surface area (Å²) >= 11 is 0. The molecule has 0 saturated heterocycles. The summed E-state index contributed by atoms with van der Waals surface area (Å²) in [6.45, 7) is 0.150. The molecular formula is C20H22F3N3O3. The van der Waals surface area contributed by atoms with Gasteiger partial charge < -0.3 is 14.8 Å². The van der Waals surface area contributed by atoms with Crippen LogP contribution in [0.5, 0.6) is 11.5 Å². The van der Waals surface area contributed by atoms with Gasteiger partial charge in [-0.25, -0.2) is 9.97 Å². The summed E-state index contributed by atoms with van der Waals surface area (Å²) in [7, 11) is 3.03. The van der Waals surface area contributed by atoms with Gasteiger partial charge in [-0.1, -0.05) is 6.07 Å². The third-order valence-corrected chi connectivity index (χ3v) is 4.56. The molecule has 0 unspecified atom stereocenters. The largest absolute Gasteiger partial charge is 0.493 e. The van der Waals surface area contributed by atoms with Crippen molar-refractivity contribution >= 4 is 5.91 Å². The minimum atomic E-state index is -4.52. The van der Waals surface area contributed by atoms with E-state index in [0.717, 1.165) is 24.5 Å². The highest BCUT2D eigenvalue weighted by Crippen LogP contribution is 2.40. The number of carbonyl (C=O) groups is 1. The molecule has 6 nitrogen and oxygen atoms in total. The number of rotatable bonds is 8. The maximum atomic E-state index is 13.1. The van der Waals surface area contributed by atoms with E-state index >= 15 is 0 Å². The second-order valence-corrected chi connectivity index (χ2v) is 6.83. The van der Waals surface area contributed by atoms with E-state index < -0.39 is 11.9 Å². The molecule has 0 atom stereocenters. The Morgan fingerprint density at radius 3 is 2.48 bits per heavy atom. The lowest BCUT2D eigenvalue weighted by Gasteiger charge is -2.11. The predicted octanol–water partition coefficient (Wildman–Crippen LogP) is 3.29. The van der Waals surface area contributed by atoms with Gasteiger partial charge in [-0.15, -0.1) is 0 Å². The van der Waals surface area contributed by atoms with Gasteiger partial charge in [0, 0.05) is 24.6 Å². The molecule has 3 rings (SSSR count). The topological polar surface area (TPSA) is 73.3 Å². The van der Waals surface area contributed by atoms with E-state index in [-0.39, 0.29) is 37.0 Å². The van der Waals surface area contributed by atoms with Gasteiger partial charge in [-0.05, 0) is 36.6 Å². The van der Waals surface area contributed by atoms with Crippen molar-refractivity contribution < 1.29 is 27.4 Å². The number of aromatic nitrogens is 2. The number of methoxy groups -OCH3 is 2. The summed E-state index contributed by atoms with van der Waals surface area (Å²) in [6, 6.07) is 6.18. The smallest absolute Gasteiger partial charge is 0.433 e. The van der Waals surface area contributed by atoms with Crippen LogP contribution in [0.1, 0.15) is 41.5 Å². The van der Waals surface area contributed by atoms with Crippen LogP contribution in [0.15, 0.2) is 24.3 Å². The fourth-order valence-electron chi connectivity index (χ4n) is 2.92. The molecule has 1 aromatic carbocycles. The molecule has 0 spiro atoms. The molecule has 1 fully saturated rings. The number of amides is 1. The number of alkyl halides is 3. The van der Waals surface area contributed by atoms with Crippen LogP contribution in [0.2, 0.25) is 0 Å². The van der Waals surface area contributed by atoms with Crippen LogP contribution in [-0.4, -0.2) is 36.6 Å². The number of ether oxygens (including phenoxy) is 2. The minimum Gasteiger partial charge on any atom is -0.493 e. The maximum Gasteiger partial charge on any atom is 0.433 e. The molecule has 29 heavy (non-hydrogen) atoms. The van der Waals surface area contributed by atoms with Gasteiger partial charge in [0.2, 0.25) is 5.91 Å². The van der Waals surface area contributed by atoms with E-state index in [1.165, 1.54) is 14.2 Å². The Bertz CT molecular complexity index is 883. The Kier molecular flexibility index (Phi) is 6.24. The maximum absolute atomic E-state index is 13.1. The van der Waals surface area contributed by atoms with Crippen LogP contribution in [0.4, 0.5) is 13.2 Å². The van der Waals surface area contributed by atoms with E-state index in [1.807, 2.05) is 0 Å². The zero-order valence-corrected chi connectivity index (χ0v) is 16.2. The lowest BCUT2D eigenvalue weighted by atomic mass is 10.1. The molecule has 0 aliphatic heterocycles. The molecule has 1 saturated carbocycles. The van der Waals surface area contributed by atoms with Crippen LogP contribution < -0.4 is 14.8 Å². The van der Waals surface area contributed by atoms with Crippen LogP contribution in [-0.2, 0) is 23.8 Å². The normalized spacial score (nSPS) is 13.8. The van der Waals surface area contributed by atoms with Crippen LogP contribution in [0.25, 0.3) is 0 Å². The molecular weight excluding hydrogens is 387 g/mol. The van der Waals surface area contributed by atoms with Crippen molar-refractivity contribution in [3.63, 3.8) is 0 Å². The van der Waals surface area contributed by atoms with E-state index in [4.69, 9.17) is 9.47 Å². The number of hydrogen-bond donors (Lipinski definition) is 1. The minimum absolute atomic E-state index is 0.0810. The molecule has 1 aliphatic rings. The van der Waals surface area contributed by atoms with Gasteiger partial charge in [0.1, 0.15) is 11.5 Å². The quantitative estimate of drug-likeness (QED) is 0.724. The number of halogens is 3. The third-order valence-electron chi connectivity index (χ3n) is 4.56. The predicted molar refractivity (Wildman–Crippen MR) is 99.0 cm³/mol. The fourth-order valence-corrected chi connectivity index (χ4v) is 2.92. The zero-order valence-electron chi connectivity index (χ0n) is 16.2. The summed E-state index contributed by atoms with van der Waals surface area (Å²) in [5.41, 5.74) is 0.228. The van der Waals surface area contributed by atoms with Crippen molar-refractivity contribution in [1.82, 2.24) is 15.3 Å². The Balaban J connectivity index is 1.58. The molecule has 1 aliphatic carbocycles. The van der Waals surface area contributed by atoms with E-state index in [9.17, 15) is 18.0 Å². The first-order chi connectivity index (χ1) is 13.8. The van der Waals surface area contributed by atoms with Crippen LogP contribution >= 0.6 is 0 Å². The average molecular weight is 409 g/mol. The molecule has 156 valence electrons. The van der Waals surface area contributed by atoms with Gasteiger partial charge in [-0.3, -0.25) is 4.79 Å². The summed E-state index contributed by atoms with van der Waals surface area (Å²) in [5, 5.41) is 2.70. The highest BCUT2D eigenvalue weighted by Gasteiger charge is 2.35. The molecule has 9 heteroatoms. The number of nitrogens with one attached hydrogen (secondary N) is 1. The fraction of sp³-hybridized carbons (Fsp3) is 0.450. The number of benzene rings is 1. The summed E-state index contributed by atoms with van der Waals surface area (Å²) in [5.74, 6) is 0.991. The second kappa shape index (κ2) is 8.67. The standard InChI is InChI=1S/C20H22F3N3O3/c1-28-15-6-3-12(9-16(15)29-2)10-19(27)24-8-7-18-25-14(13-4-5-13)11-17(26-18)20(21,22)23/h3,6,9,11,13H,4-5,7-8,10H2,1-2H3,(H,24,27). The van der Waals surface area contributed by atoms with E-state index in [1.54, 1.807) is 18.2 Å². The lowest BCUT2D eigenvalue weighted by molar-refractivity contribution is -0.141. The molecule has 1 N–H and O–H groups in total. The Labute approximate surface area is 166 Å². The molecule has 1 amide bonds. The first kappa shape index (κ1) is 20.9. The van der Waals surface area contributed by atoms with Crippen molar-refractivity contribution in [3.8, 4) is 11.5 Å². The molecule has 1 heterocycles. The summed E-state index contributed by atoms with van der Waals surface area (Å²) in [4.78, 5) is 20.0. The van der Waals surface area contributed by atoms with Crippen molar-refractivity contribution in [2.75, 3.05) is 20.8 Å². The SMILES string of the molecule is COc1ccc(CC(=O)NCCc2nc(C3CC3)cc(C(F)(F)F)n2)cc1OC. The monoisotopic (exact) mass is 409 g/mol. The summed E-state index contributed by atoms with van der Waals surface area (Å²) < 4.78 is 49.5. The second-order valence-electron chi connectivity index (χ2n) is 6.83. The van der Waals surface area contributed by atoms with E-state index in [2.05, 4.69) is 15.3 Å². The first-order valence-electron chi connectivity index (χ1n) is 9.23. The van der Waals surface area contributed by atoms with Gasteiger partial charge in [0.15, 0.2) is 11.5 Å². The Hall–Kier alpha value is -2.84. The van der Waals surface area contributed by atoms with E-state index in [0.29, 0.717) is 17.2 Å². The number of hydrogen-bond acceptors (Lipinski definition) is 5. The molecule has 0 bridgehead atoms. The highest BCUT2D eigenvalue weighted by molar-refractivity contribution is 5.78. The molecule has 1 aromatic heterocycles. The summed E-state index contributed by atoms with van der Waals surface area (Å²) in [6.07, 6.45) is -2.60. The van der Waals surface area contributed by atoms with Gasteiger partial charge in [0.25, 0.3) is 0 Å². The van der Waals surface area contributed by atoms with Crippen molar-refractivity contribution in [2.24, 2.45) is 0 Å². The van der Waals surface area contributed by atoms with Gasteiger partial charge >= 0.3 is 6.18 Å². The first-order valence-corrected chi connectivity index (χ1v) is 9.23. The Morgan fingerprint density at radius 1 is 1.14 bits per heavy atom. The lowest BCUT2D eigenvalue weighted by Crippen LogP contribution is -2.28. The van der Waals surface area contributed by atoms with Gasteiger partial charge in [0.05, 0.1) is 20.6 Å². The van der Waals surface area contributed by atoms with Crippen LogP contribution in [0.3, 0.4) is 0 Å². The number of carbonyl (C=O) groups excluding carboxylic acids is 1. The van der Waals surface area contributed by atoms with Gasteiger partial charge in [-0.2, -0.15) is 13.2 Å². The molecule has 2 aromatic rings. The van der Waals surface area contributed by atoms with Crippen molar-refractivity contribution in [3.05, 3.63) is 47.0 Å². The number of nitrogens with zero attached hydrogens (tertiary/aromatic N) is 2. The third kappa shape index (κ3) is 5.58. The highest BCUT2D eigenvalue weighted by atomic mass is 19.4. The zero-order chi connectivity index (χ0) is 21.0. The van der Waals surface area contributed by atoms with Crippen molar-refractivity contribution in [2.45, 2.75) is 37.8 Å². The van der Waals surface area contributed by atoms with Crippen molar-refractivity contribution in [1.29, 1.82) is 0 Å². The van der Waals surface area contributed by atoms with Crippen LogP contribution in [0, 0.1) is 0 Å². The average Bonchev–Trinajstić information content (AvgIpc) is 3.52. The Morgan fingerprint density at radius 2 is 1.86 bits per heavy atom.